The summed E-state index contributed by atoms with van der Waals surface area (Å²) in [5, 5.41) is 2.91. The van der Waals surface area contributed by atoms with Gasteiger partial charge in [0.05, 0.1) is 39.6 Å². The van der Waals surface area contributed by atoms with E-state index in [1.807, 2.05) is 41.8 Å². The predicted octanol–water partition coefficient (Wildman–Crippen LogP) is 6.95. The van der Waals surface area contributed by atoms with Crippen molar-refractivity contribution in [2.24, 2.45) is 4.99 Å². The van der Waals surface area contributed by atoms with Crippen LogP contribution in [0.2, 0.25) is 10.0 Å². The molecule has 3 heterocycles. The van der Waals surface area contributed by atoms with Crippen molar-refractivity contribution in [1.29, 1.82) is 0 Å². The molecule has 5 rings (SSSR count). The van der Waals surface area contributed by atoms with Gasteiger partial charge >= 0.3 is 5.97 Å². The van der Waals surface area contributed by atoms with Crippen molar-refractivity contribution in [3.05, 3.63) is 112 Å². The Bertz CT molecular complexity index is 1810. The van der Waals surface area contributed by atoms with E-state index in [2.05, 4.69) is 50.2 Å². The van der Waals surface area contributed by atoms with Gasteiger partial charge in [-0.25, -0.2) is 9.79 Å². The molecule has 1 aliphatic rings. The number of rotatable bonds is 7. The van der Waals surface area contributed by atoms with Crippen molar-refractivity contribution < 1.29 is 14.3 Å². The Morgan fingerprint density at radius 2 is 1.90 bits per heavy atom. The molecule has 2 aromatic heterocycles. The molecule has 0 N–H and O–H groups in total. The number of allylic oxidation sites excluding steroid dienone is 1. The van der Waals surface area contributed by atoms with Gasteiger partial charge in [0.1, 0.15) is 18.4 Å². The maximum Gasteiger partial charge on any atom is 0.338 e. The monoisotopic (exact) mass is 836 g/mol. The lowest BCUT2D eigenvalue weighted by Gasteiger charge is -2.23. The molecule has 4 aromatic rings. The fraction of sp³-hybridized carbons (Fsp3) is 0.179. The van der Waals surface area contributed by atoms with Gasteiger partial charge in [-0.2, -0.15) is 0 Å². The zero-order valence-electron chi connectivity index (χ0n) is 21.0. The van der Waals surface area contributed by atoms with Crippen LogP contribution >= 0.6 is 91.1 Å². The minimum Gasteiger partial charge on any atom is -0.487 e. The third kappa shape index (κ3) is 6.07. The molecule has 12 heteroatoms. The lowest BCUT2D eigenvalue weighted by atomic mass is 10.0. The van der Waals surface area contributed by atoms with Gasteiger partial charge in [0.15, 0.2) is 4.80 Å². The molecule has 0 bridgehead atoms. The number of nitrogens with zero attached hydrogens (tertiary/aromatic N) is 2. The van der Waals surface area contributed by atoms with Crippen molar-refractivity contribution in [3.8, 4) is 5.75 Å². The summed E-state index contributed by atoms with van der Waals surface area (Å²) in [4.78, 5) is 32.8. The second-order valence-corrected chi connectivity index (χ2v) is 13.8. The third-order valence-electron chi connectivity index (χ3n) is 6.02. The van der Waals surface area contributed by atoms with E-state index < -0.39 is 12.0 Å². The molecule has 0 saturated carbocycles. The standard InChI is InChI=1S/C28H20Cl2I2N2O4S2/c1-3-37-27(36)23-14(2)33-28-34(24(23)21-5-4-8-39-21)26(35)22(40-28)12-16-10-19(31)25(20(32)11-16)38-13-15-6-7-17(29)18(30)9-15/h4-12,24H,3,13H2,1-2H3/b22-12-/t24-/m0/s1. The largest absolute Gasteiger partial charge is 0.487 e. The van der Waals surface area contributed by atoms with Crippen LogP contribution < -0.4 is 19.6 Å². The van der Waals surface area contributed by atoms with Gasteiger partial charge in [0, 0.05) is 4.88 Å². The van der Waals surface area contributed by atoms with Gasteiger partial charge in [-0.1, -0.05) is 46.7 Å². The summed E-state index contributed by atoms with van der Waals surface area (Å²) in [5.41, 5.74) is 2.49. The summed E-state index contributed by atoms with van der Waals surface area (Å²) in [7, 11) is 0. The number of hydrogen-bond donors (Lipinski definition) is 0. The van der Waals surface area contributed by atoms with Crippen LogP contribution in [0, 0.1) is 7.14 Å². The number of carbonyl (C=O) groups is 1. The fourth-order valence-corrected chi connectivity index (χ4v) is 8.56. The number of halogens is 4. The summed E-state index contributed by atoms with van der Waals surface area (Å²) in [6, 6.07) is 12.6. The van der Waals surface area contributed by atoms with Gasteiger partial charge in [-0.05, 0) is 112 Å². The number of esters is 1. The van der Waals surface area contributed by atoms with Crippen LogP contribution in [0.3, 0.4) is 0 Å². The molecule has 1 aliphatic heterocycles. The molecule has 2 aromatic carbocycles. The smallest absolute Gasteiger partial charge is 0.338 e. The minimum atomic E-state index is -0.588. The van der Waals surface area contributed by atoms with Crippen molar-refractivity contribution in [2.45, 2.75) is 26.5 Å². The van der Waals surface area contributed by atoms with Gasteiger partial charge < -0.3 is 9.47 Å². The molecule has 0 saturated heterocycles. The number of ether oxygens (including phenoxy) is 2. The van der Waals surface area contributed by atoms with Crippen LogP contribution in [-0.2, 0) is 16.1 Å². The first-order chi connectivity index (χ1) is 19.2. The Balaban J connectivity index is 1.51. The predicted molar refractivity (Wildman–Crippen MR) is 177 cm³/mol. The molecule has 40 heavy (non-hydrogen) atoms. The lowest BCUT2D eigenvalue weighted by Crippen LogP contribution is -2.39. The van der Waals surface area contributed by atoms with Crippen LogP contribution in [0.5, 0.6) is 5.75 Å². The highest BCUT2D eigenvalue weighted by molar-refractivity contribution is 14.1. The molecule has 0 amide bonds. The molecule has 0 fully saturated rings. The highest BCUT2D eigenvalue weighted by Gasteiger charge is 2.33. The lowest BCUT2D eigenvalue weighted by molar-refractivity contribution is -0.139. The van der Waals surface area contributed by atoms with E-state index in [9.17, 15) is 9.59 Å². The normalized spacial score (nSPS) is 15.2. The first kappa shape index (κ1) is 29.8. The molecule has 0 aliphatic carbocycles. The number of aromatic nitrogens is 1. The van der Waals surface area contributed by atoms with E-state index in [1.165, 1.54) is 22.7 Å². The summed E-state index contributed by atoms with van der Waals surface area (Å²) in [5.74, 6) is 0.287. The maximum atomic E-state index is 13.8. The Kier molecular flexibility index (Phi) is 9.42. The quantitative estimate of drug-likeness (QED) is 0.149. The summed E-state index contributed by atoms with van der Waals surface area (Å²) in [6.07, 6.45) is 1.85. The van der Waals surface area contributed by atoms with Crippen molar-refractivity contribution >= 4 is 103 Å². The summed E-state index contributed by atoms with van der Waals surface area (Å²) in [6.45, 7) is 4.12. The van der Waals surface area contributed by atoms with E-state index in [1.54, 1.807) is 30.5 Å². The van der Waals surface area contributed by atoms with Gasteiger partial charge in [0.25, 0.3) is 5.56 Å². The van der Waals surface area contributed by atoms with E-state index >= 15 is 0 Å². The second-order valence-electron chi connectivity index (χ2n) is 8.67. The van der Waals surface area contributed by atoms with Crippen molar-refractivity contribution in [2.75, 3.05) is 6.61 Å². The summed E-state index contributed by atoms with van der Waals surface area (Å²) >= 11 is 19.4. The first-order valence-corrected chi connectivity index (χ1v) is 16.6. The van der Waals surface area contributed by atoms with Gasteiger partial charge in [-0.3, -0.25) is 9.36 Å². The molecule has 206 valence electrons. The summed E-state index contributed by atoms with van der Waals surface area (Å²) < 4.78 is 15.4. The Labute approximate surface area is 275 Å². The minimum absolute atomic E-state index is 0.207. The number of thiazole rings is 1. The highest BCUT2D eigenvalue weighted by atomic mass is 127. The Morgan fingerprint density at radius 1 is 1.15 bits per heavy atom. The Morgan fingerprint density at radius 3 is 2.55 bits per heavy atom. The van der Waals surface area contributed by atoms with E-state index in [-0.39, 0.29) is 12.2 Å². The number of carbonyl (C=O) groups excluding carboxylic acids is 1. The SMILES string of the molecule is CCOC(=O)C1=C(C)N=c2s/c(=C\c3cc(I)c(OCc4ccc(Cl)c(Cl)c4)c(I)c3)c(=O)n2[C@H]1c1cccs1. The van der Waals surface area contributed by atoms with Gasteiger partial charge in [-0.15, -0.1) is 11.3 Å². The highest BCUT2D eigenvalue weighted by Crippen LogP contribution is 2.34. The topological polar surface area (TPSA) is 69.9 Å². The molecule has 0 radical (unpaired) electrons. The Hall–Kier alpha value is -1.71. The number of benzene rings is 2. The van der Waals surface area contributed by atoms with E-state index in [4.69, 9.17) is 32.7 Å². The van der Waals surface area contributed by atoms with E-state index in [0.717, 1.165) is 28.9 Å². The van der Waals surface area contributed by atoms with Crippen molar-refractivity contribution in [1.82, 2.24) is 4.57 Å². The van der Waals surface area contributed by atoms with Crippen molar-refractivity contribution in [3.63, 3.8) is 0 Å². The van der Waals surface area contributed by atoms with Crippen LogP contribution in [0.4, 0.5) is 0 Å². The van der Waals surface area contributed by atoms with Crippen LogP contribution in [-0.4, -0.2) is 17.1 Å². The molecule has 1 atom stereocenters. The molecular weight excluding hydrogens is 817 g/mol. The second kappa shape index (κ2) is 12.7. The average Bonchev–Trinajstić information content (AvgIpc) is 3.53. The molecule has 6 nitrogen and oxygen atoms in total. The first-order valence-electron chi connectivity index (χ1n) is 12.0. The van der Waals surface area contributed by atoms with Gasteiger partial charge in [0.2, 0.25) is 0 Å². The molecule has 0 unspecified atom stereocenters. The fourth-order valence-electron chi connectivity index (χ4n) is 4.24. The maximum absolute atomic E-state index is 13.8. The van der Waals surface area contributed by atoms with Crippen LogP contribution in [0.15, 0.2) is 68.9 Å². The third-order valence-corrected chi connectivity index (χ3v) is 10.3. The average molecular weight is 837 g/mol. The number of hydrogen-bond acceptors (Lipinski definition) is 7. The zero-order valence-corrected chi connectivity index (χ0v) is 28.5. The van der Waals surface area contributed by atoms with E-state index in [0.29, 0.717) is 37.3 Å². The number of thiophene rings is 1. The number of fused-ring (bicyclic) bond motifs is 1. The van der Waals surface area contributed by atoms with Crippen LogP contribution in [0.1, 0.15) is 35.9 Å². The zero-order chi connectivity index (χ0) is 28.6. The van der Waals surface area contributed by atoms with Crippen LogP contribution in [0.25, 0.3) is 6.08 Å². The molecular formula is C28H20Cl2I2N2O4S2. The molecule has 0 spiro atoms.